The number of hydrogen-bond donors (Lipinski definition) is 2. The SMILES string of the molecule is COc1cccc(C(NC(=O)NCCc2ccccc2OC)c2nccn2C)c1. The number of nitrogens with zero attached hydrogens (tertiary/aromatic N) is 2. The number of amides is 2. The third kappa shape index (κ3) is 5.07. The number of para-hydroxylation sites is 1. The van der Waals surface area contributed by atoms with Crippen LogP contribution in [0.25, 0.3) is 0 Å². The van der Waals surface area contributed by atoms with Crippen molar-refractivity contribution >= 4 is 6.03 Å². The maximum Gasteiger partial charge on any atom is 0.315 e. The molecule has 2 aromatic carbocycles. The number of urea groups is 1. The van der Waals surface area contributed by atoms with Crippen LogP contribution in [-0.2, 0) is 13.5 Å². The Morgan fingerprint density at radius 2 is 1.97 bits per heavy atom. The smallest absolute Gasteiger partial charge is 0.315 e. The Morgan fingerprint density at radius 3 is 2.69 bits per heavy atom. The summed E-state index contributed by atoms with van der Waals surface area (Å²) in [5.41, 5.74) is 1.93. The maximum atomic E-state index is 12.6. The Kier molecular flexibility index (Phi) is 6.73. The van der Waals surface area contributed by atoms with Gasteiger partial charge >= 0.3 is 6.03 Å². The van der Waals surface area contributed by atoms with E-state index in [0.29, 0.717) is 13.0 Å². The zero-order chi connectivity index (χ0) is 20.6. The van der Waals surface area contributed by atoms with Gasteiger partial charge in [-0.3, -0.25) is 0 Å². The number of imidazole rings is 1. The molecular formula is C22H26N4O3. The first-order valence-corrected chi connectivity index (χ1v) is 9.39. The van der Waals surface area contributed by atoms with Crippen molar-refractivity contribution in [3.8, 4) is 11.5 Å². The molecule has 0 saturated heterocycles. The van der Waals surface area contributed by atoms with Crippen LogP contribution >= 0.6 is 0 Å². The summed E-state index contributed by atoms with van der Waals surface area (Å²) in [5.74, 6) is 2.27. The third-order valence-corrected chi connectivity index (χ3v) is 4.69. The van der Waals surface area contributed by atoms with E-state index in [9.17, 15) is 4.79 Å². The lowest BCUT2D eigenvalue weighted by Gasteiger charge is -2.20. The predicted octanol–water partition coefficient (Wildman–Crippen LogP) is 3.07. The molecule has 152 valence electrons. The van der Waals surface area contributed by atoms with Crippen LogP contribution in [0.2, 0.25) is 0 Å². The summed E-state index contributed by atoms with van der Waals surface area (Å²) >= 11 is 0. The van der Waals surface area contributed by atoms with Crippen molar-refractivity contribution < 1.29 is 14.3 Å². The number of benzene rings is 2. The Balaban J connectivity index is 1.69. The second-order valence-electron chi connectivity index (χ2n) is 6.57. The largest absolute Gasteiger partial charge is 0.497 e. The molecule has 2 N–H and O–H groups in total. The number of carbonyl (C=O) groups is 1. The van der Waals surface area contributed by atoms with Gasteiger partial charge in [0.15, 0.2) is 0 Å². The number of aromatic nitrogens is 2. The molecule has 0 bridgehead atoms. The quantitative estimate of drug-likeness (QED) is 0.616. The number of aryl methyl sites for hydroxylation is 1. The number of hydrogen-bond acceptors (Lipinski definition) is 4. The van der Waals surface area contributed by atoms with Gasteiger partial charge in [-0.25, -0.2) is 9.78 Å². The summed E-state index contributed by atoms with van der Waals surface area (Å²) in [7, 11) is 5.16. The molecule has 0 radical (unpaired) electrons. The van der Waals surface area contributed by atoms with E-state index in [1.54, 1.807) is 20.4 Å². The molecule has 1 atom stereocenters. The monoisotopic (exact) mass is 394 g/mol. The van der Waals surface area contributed by atoms with Crippen LogP contribution < -0.4 is 20.1 Å². The molecule has 0 aliphatic carbocycles. The molecule has 1 heterocycles. The van der Waals surface area contributed by atoms with Crippen molar-refractivity contribution in [2.75, 3.05) is 20.8 Å². The average molecular weight is 394 g/mol. The normalized spacial score (nSPS) is 11.6. The van der Waals surface area contributed by atoms with Gasteiger partial charge in [0, 0.05) is 26.0 Å². The van der Waals surface area contributed by atoms with Gasteiger partial charge in [-0.15, -0.1) is 0 Å². The van der Waals surface area contributed by atoms with Crippen LogP contribution in [0.5, 0.6) is 11.5 Å². The highest BCUT2D eigenvalue weighted by Gasteiger charge is 2.21. The van der Waals surface area contributed by atoms with E-state index >= 15 is 0 Å². The first-order valence-electron chi connectivity index (χ1n) is 9.39. The highest BCUT2D eigenvalue weighted by atomic mass is 16.5. The summed E-state index contributed by atoms with van der Waals surface area (Å²) in [4.78, 5) is 17.0. The van der Waals surface area contributed by atoms with Gasteiger partial charge < -0.3 is 24.7 Å². The van der Waals surface area contributed by atoms with E-state index in [1.807, 2.05) is 66.3 Å². The highest BCUT2D eigenvalue weighted by Crippen LogP contribution is 2.24. The number of nitrogens with one attached hydrogen (secondary N) is 2. The van der Waals surface area contributed by atoms with Gasteiger partial charge in [-0.2, -0.15) is 0 Å². The summed E-state index contributed by atoms with van der Waals surface area (Å²) in [5, 5.41) is 5.94. The van der Waals surface area contributed by atoms with E-state index in [0.717, 1.165) is 28.5 Å². The summed E-state index contributed by atoms with van der Waals surface area (Å²) in [6.45, 7) is 0.484. The molecule has 1 unspecified atom stereocenters. The molecule has 0 fully saturated rings. The number of ether oxygens (including phenoxy) is 2. The van der Waals surface area contributed by atoms with Gasteiger partial charge in [-0.1, -0.05) is 30.3 Å². The van der Waals surface area contributed by atoms with Crippen molar-refractivity contribution in [3.63, 3.8) is 0 Å². The second-order valence-corrected chi connectivity index (χ2v) is 6.57. The molecule has 0 aliphatic heterocycles. The third-order valence-electron chi connectivity index (χ3n) is 4.69. The first kappa shape index (κ1) is 20.3. The van der Waals surface area contributed by atoms with Crippen LogP contribution in [-0.4, -0.2) is 36.3 Å². The number of methoxy groups -OCH3 is 2. The first-order chi connectivity index (χ1) is 14.1. The van der Waals surface area contributed by atoms with Gasteiger partial charge in [0.05, 0.1) is 14.2 Å². The Morgan fingerprint density at radius 1 is 1.14 bits per heavy atom. The van der Waals surface area contributed by atoms with Crippen molar-refractivity contribution in [1.82, 2.24) is 20.2 Å². The molecule has 0 spiro atoms. The lowest BCUT2D eigenvalue weighted by atomic mass is 10.1. The van der Waals surface area contributed by atoms with Crippen LogP contribution in [0.3, 0.4) is 0 Å². The molecular weight excluding hydrogens is 368 g/mol. The van der Waals surface area contributed by atoms with E-state index in [1.165, 1.54) is 0 Å². The topological polar surface area (TPSA) is 77.4 Å². The molecule has 0 saturated carbocycles. The predicted molar refractivity (Wildman–Crippen MR) is 111 cm³/mol. The zero-order valence-corrected chi connectivity index (χ0v) is 16.9. The van der Waals surface area contributed by atoms with E-state index < -0.39 is 6.04 Å². The molecule has 3 rings (SSSR count). The molecule has 0 aliphatic rings. The zero-order valence-electron chi connectivity index (χ0n) is 16.9. The Bertz CT molecular complexity index is 954. The fourth-order valence-corrected chi connectivity index (χ4v) is 3.18. The minimum atomic E-state index is -0.406. The van der Waals surface area contributed by atoms with Crippen LogP contribution in [0.1, 0.15) is 23.0 Å². The fraction of sp³-hybridized carbons (Fsp3) is 0.273. The minimum Gasteiger partial charge on any atom is -0.497 e. The van der Waals surface area contributed by atoms with Crippen LogP contribution in [0, 0.1) is 0 Å². The van der Waals surface area contributed by atoms with Gasteiger partial charge in [0.2, 0.25) is 0 Å². The molecule has 29 heavy (non-hydrogen) atoms. The summed E-state index contributed by atoms with van der Waals surface area (Å²) in [6, 6.07) is 14.7. The minimum absolute atomic E-state index is 0.268. The van der Waals surface area contributed by atoms with Crippen molar-refractivity contribution in [2.24, 2.45) is 7.05 Å². The average Bonchev–Trinajstić information content (AvgIpc) is 3.18. The highest BCUT2D eigenvalue weighted by molar-refractivity contribution is 5.75. The lowest BCUT2D eigenvalue weighted by Crippen LogP contribution is -2.40. The summed E-state index contributed by atoms with van der Waals surface area (Å²) < 4.78 is 12.6. The van der Waals surface area contributed by atoms with Crippen molar-refractivity contribution in [2.45, 2.75) is 12.5 Å². The van der Waals surface area contributed by atoms with Gasteiger partial charge in [0.25, 0.3) is 0 Å². The molecule has 2 amide bonds. The molecule has 3 aromatic rings. The number of carbonyl (C=O) groups excluding carboxylic acids is 1. The lowest BCUT2D eigenvalue weighted by molar-refractivity contribution is 0.238. The standard InChI is InChI=1S/C22H26N4O3/c1-26-14-13-23-21(26)20(17-8-6-9-18(15-17)28-2)25-22(27)24-12-11-16-7-4-5-10-19(16)29-3/h4-10,13-15,20H,11-12H2,1-3H3,(H2,24,25,27). The van der Waals surface area contributed by atoms with Crippen molar-refractivity contribution in [1.29, 1.82) is 0 Å². The van der Waals surface area contributed by atoms with Crippen LogP contribution in [0.4, 0.5) is 4.79 Å². The maximum absolute atomic E-state index is 12.6. The van der Waals surface area contributed by atoms with Crippen molar-refractivity contribution in [3.05, 3.63) is 77.9 Å². The fourth-order valence-electron chi connectivity index (χ4n) is 3.18. The Labute approximate surface area is 170 Å². The van der Waals surface area contributed by atoms with Gasteiger partial charge in [0.1, 0.15) is 23.4 Å². The van der Waals surface area contributed by atoms with E-state index in [-0.39, 0.29) is 6.03 Å². The van der Waals surface area contributed by atoms with E-state index in [2.05, 4.69) is 15.6 Å². The molecule has 1 aromatic heterocycles. The van der Waals surface area contributed by atoms with Crippen LogP contribution in [0.15, 0.2) is 60.9 Å². The summed E-state index contributed by atoms with van der Waals surface area (Å²) in [6.07, 6.45) is 4.23. The molecule has 7 nitrogen and oxygen atoms in total. The number of rotatable bonds is 8. The second kappa shape index (κ2) is 9.64. The van der Waals surface area contributed by atoms with E-state index in [4.69, 9.17) is 9.47 Å². The Hall–Kier alpha value is -3.48. The molecule has 7 heteroatoms. The van der Waals surface area contributed by atoms with Gasteiger partial charge in [-0.05, 0) is 35.7 Å².